The van der Waals surface area contributed by atoms with E-state index in [2.05, 4.69) is 14.7 Å². The minimum absolute atomic E-state index is 0.00905. The molecular weight excluding hydrogens is 400 g/mol. The molecule has 1 aromatic carbocycles. The molecule has 0 aliphatic rings. The molecule has 0 aliphatic carbocycles. The van der Waals surface area contributed by atoms with Crippen LogP contribution in [0.1, 0.15) is 5.69 Å². The van der Waals surface area contributed by atoms with Gasteiger partial charge >= 0.3 is 0 Å². The molecule has 3 heterocycles. The largest absolute Gasteiger partial charge is 0.378 e. The fourth-order valence-corrected chi connectivity index (χ4v) is 4.25. The molecule has 0 unspecified atom stereocenters. The molecule has 152 valence electrons. The number of hydrogen-bond donors (Lipinski definition) is 2. The Bertz CT molecular complexity index is 1330. The van der Waals surface area contributed by atoms with Gasteiger partial charge in [-0.1, -0.05) is 18.2 Å². The highest BCUT2D eigenvalue weighted by Gasteiger charge is 2.21. The van der Waals surface area contributed by atoms with Crippen molar-refractivity contribution in [2.24, 2.45) is 0 Å². The minimum atomic E-state index is -3.95. The zero-order chi connectivity index (χ0) is 21.3. The smallest absolute Gasteiger partial charge is 0.279 e. The zero-order valence-electron chi connectivity index (χ0n) is 16.4. The summed E-state index contributed by atoms with van der Waals surface area (Å²) in [6.07, 6.45) is 5.58. The van der Waals surface area contributed by atoms with Crippen LogP contribution >= 0.6 is 0 Å². The van der Waals surface area contributed by atoms with Crippen molar-refractivity contribution in [3.63, 3.8) is 0 Å². The van der Waals surface area contributed by atoms with Crippen molar-refractivity contribution in [1.82, 2.24) is 14.4 Å². The summed E-state index contributed by atoms with van der Waals surface area (Å²) >= 11 is 0. The van der Waals surface area contributed by atoms with Crippen LogP contribution in [0.2, 0.25) is 0 Å². The Morgan fingerprint density at radius 1 is 1.03 bits per heavy atom. The van der Waals surface area contributed by atoms with Crippen molar-refractivity contribution < 1.29 is 8.42 Å². The Kier molecular flexibility index (Phi) is 4.96. The van der Waals surface area contributed by atoms with Crippen LogP contribution in [0, 0.1) is 5.41 Å². The summed E-state index contributed by atoms with van der Waals surface area (Å²) < 4.78 is 30.1. The molecule has 4 aromatic rings. The SMILES string of the molecule is CN(C)c1ccc(-c2cnc(C=N)c(NS(=O)(=O)c3cnc4ccccn34)c2)cc1. The molecule has 4 rings (SSSR count). The molecule has 0 fully saturated rings. The Labute approximate surface area is 174 Å². The van der Waals surface area contributed by atoms with Crippen LogP contribution in [0.5, 0.6) is 0 Å². The topological polar surface area (TPSA) is 103 Å². The maximum Gasteiger partial charge on any atom is 0.279 e. The lowest BCUT2D eigenvalue weighted by molar-refractivity contribution is 0.596. The quantitative estimate of drug-likeness (QED) is 0.466. The van der Waals surface area contributed by atoms with Crippen molar-refractivity contribution in [1.29, 1.82) is 5.41 Å². The second-order valence-electron chi connectivity index (χ2n) is 6.87. The van der Waals surface area contributed by atoms with E-state index in [1.807, 2.05) is 43.3 Å². The molecule has 0 bridgehead atoms. The number of fused-ring (bicyclic) bond motifs is 1. The normalized spacial score (nSPS) is 11.4. The Balaban J connectivity index is 1.73. The van der Waals surface area contributed by atoms with Gasteiger partial charge < -0.3 is 10.3 Å². The van der Waals surface area contributed by atoms with E-state index in [-0.39, 0.29) is 16.4 Å². The van der Waals surface area contributed by atoms with Crippen molar-refractivity contribution in [2.45, 2.75) is 5.03 Å². The third-order valence-electron chi connectivity index (χ3n) is 4.67. The molecule has 30 heavy (non-hydrogen) atoms. The molecule has 0 aliphatic heterocycles. The summed E-state index contributed by atoms with van der Waals surface area (Å²) in [5.41, 5.74) is 3.65. The third kappa shape index (κ3) is 3.62. The fraction of sp³-hybridized carbons (Fsp3) is 0.0952. The van der Waals surface area contributed by atoms with Gasteiger partial charge in [-0.25, -0.2) is 4.98 Å². The zero-order valence-corrected chi connectivity index (χ0v) is 17.3. The van der Waals surface area contributed by atoms with E-state index in [1.165, 1.54) is 10.6 Å². The Morgan fingerprint density at radius 3 is 2.50 bits per heavy atom. The average Bonchev–Trinajstić information content (AvgIpc) is 3.19. The molecule has 3 aromatic heterocycles. The van der Waals surface area contributed by atoms with Crippen molar-refractivity contribution in [3.05, 3.63) is 72.8 Å². The molecule has 0 radical (unpaired) electrons. The van der Waals surface area contributed by atoms with Crippen molar-refractivity contribution >= 4 is 33.3 Å². The van der Waals surface area contributed by atoms with Crippen LogP contribution < -0.4 is 9.62 Å². The Hall–Kier alpha value is -3.72. The van der Waals surface area contributed by atoms with Crippen LogP contribution in [0.25, 0.3) is 16.8 Å². The Morgan fingerprint density at radius 2 is 1.80 bits per heavy atom. The van der Waals surface area contributed by atoms with Crippen LogP contribution in [-0.4, -0.2) is 43.1 Å². The molecule has 9 heteroatoms. The molecule has 2 N–H and O–H groups in total. The number of aromatic nitrogens is 3. The van der Waals surface area contributed by atoms with Crippen LogP contribution in [0.3, 0.4) is 0 Å². The number of pyridine rings is 2. The number of hydrogen-bond acceptors (Lipinski definition) is 6. The van der Waals surface area contributed by atoms with E-state index in [4.69, 9.17) is 5.41 Å². The number of benzene rings is 1. The highest BCUT2D eigenvalue weighted by Crippen LogP contribution is 2.27. The van der Waals surface area contributed by atoms with Gasteiger partial charge in [0.05, 0.1) is 11.9 Å². The maximum absolute atomic E-state index is 13.0. The molecule has 0 amide bonds. The lowest BCUT2D eigenvalue weighted by Gasteiger charge is -2.14. The predicted octanol–water partition coefficient (Wildman–Crippen LogP) is 3.26. The lowest BCUT2D eigenvalue weighted by Crippen LogP contribution is -2.16. The van der Waals surface area contributed by atoms with Crippen LogP contribution in [-0.2, 0) is 10.0 Å². The minimum Gasteiger partial charge on any atom is -0.378 e. The maximum atomic E-state index is 13.0. The highest BCUT2D eigenvalue weighted by atomic mass is 32.2. The average molecular weight is 420 g/mol. The second kappa shape index (κ2) is 7.60. The van der Waals surface area contributed by atoms with Gasteiger partial charge in [0.2, 0.25) is 0 Å². The molecule has 0 spiro atoms. The summed E-state index contributed by atoms with van der Waals surface area (Å²) in [6.45, 7) is 0. The number of nitrogens with zero attached hydrogens (tertiary/aromatic N) is 4. The van der Waals surface area contributed by atoms with Gasteiger partial charge in [-0.3, -0.25) is 14.1 Å². The van der Waals surface area contributed by atoms with Gasteiger partial charge in [0.25, 0.3) is 10.0 Å². The number of anilines is 2. The molecular formula is C21H20N6O2S. The first-order valence-electron chi connectivity index (χ1n) is 9.12. The number of rotatable bonds is 6. The first-order chi connectivity index (χ1) is 14.4. The standard InChI is InChI=1S/C21H20N6O2S/c1-26(2)17-8-6-15(7-9-17)16-11-18(19(12-22)23-13-16)25-30(28,29)21-14-24-20-5-3-4-10-27(20)21/h3-14,22,25H,1-2H3. The lowest BCUT2D eigenvalue weighted by atomic mass is 10.1. The van der Waals surface area contributed by atoms with Gasteiger partial charge in [-0.15, -0.1) is 0 Å². The van der Waals surface area contributed by atoms with E-state index in [0.717, 1.165) is 23.0 Å². The van der Waals surface area contributed by atoms with E-state index in [9.17, 15) is 8.42 Å². The first-order valence-corrected chi connectivity index (χ1v) is 10.6. The van der Waals surface area contributed by atoms with Gasteiger partial charge in [-0.2, -0.15) is 8.42 Å². The van der Waals surface area contributed by atoms with Gasteiger partial charge in [0.15, 0.2) is 5.03 Å². The number of sulfonamides is 1. The highest BCUT2D eigenvalue weighted by molar-refractivity contribution is 7.92. The van der Waals surface area contributed by atoms with Gasteiger partial charge in [0.1, 0.15) is 11.3 Å². The second-order valence-corrected chi connectivity index (χ2v) is 8.50. The van der Waals surface area contributed by atoms with E-state index < -0.39 is 10.0 Å². The monoisotopic (exact) mass is 420 g/mol. The summed E-state index contributed by atoms with van der Waals surface area (Å²) in [5, 5.41) is 7.61. The van der Waals surface area contributed by atoms with Gasteiger partial charge in [-0.05, 0) is 35.9 Å². The number of imidazole rings is 1. The summed E-state index contributed by atoms with van der Waals surface area (Å²) in [6, 6.07) is 14.8. The summed E-state index contributed by atoms with van der Waals surface area (Å²) in [5.74, 6) is 0. The summed E-state index contributed by atoms with van der Waals surface area (Å²) in [7, 11) is -0.0240. The molecule has 0 saturated heterocycles. The van der Waals surface area contributed by atoms with E-state index >= 15 is 0 Å². The molecule has 0 saturated carbocycles. The number of nitrogens with one attached hydrogen (secondary N) is 2. The van der Waals surface area contributed by atoms with Crippen LogP contribution in [0.15, 0.2) is 72.1 Å². The first kappa shape index (κ1) is 19.6. The van der Waals surface area contributed by atoms with Crippen LogP contribution in [0.4, 0.5) is 11.4 Å². The fourth-order valence-electron chi connectivity index (χ4n) is 3.09. The molecule has 0 atom stereocenters. The van der Waals surface area contributed by atoms with E-state index in [1.54, 1.807) is 36.7 Å². The van der Waals surface area contributed by atoms with Crippen molar-refractivity contribution in [3.8, 4) is 11.1 Å². The van der Waals surface area contributed by atoms with Crippen molar-refractivity contribution in [2.75, 3.05) is 23.7 Å². The predicted molar refractivity (Wildman–Crippen MR) is 118 cm³/mol. The van der Waals surface area contributed by atoms with Gasteiger partial charge in [0, 0.05) is 44.0 Å². The molecule has 8 nitrogen and oxygen atoms in total. The van der Waals surface area contributed by atoms with E-state index in [0.29, 0.717) is 5.65 Å². The third-order valence-corrected chi connectivity index (χ3v) is 6.02. The summed E-state index contributed by atoms with van der Waals surface area (Å²) in [4.78, 5) is 10.4.